The summed E-state index contributed by atoms with van der Waals surface area (Å²) in [5.74, 6) is -0.490. The molecular formula is C55H110N2O7P+. The van der Waals surface area contributed by atoms with Crippen molar-refractivity contribution < 1.29 is 37.3 Å². The molecule has 2 N–H and O–H groups in total. The number of unbranched alkanes of at least 4 members (excludes halogenated alkanes) is 35. The van der Waals surface area contributed by atoms with Gasteiger partial charge in [0.05, 0.1) is 33.8 Å². The number of nitrogens with one attached hydrogen (secondary N) is 1. The molecule has 9 nitrogen and oxygen atoms in total. The molecule has 0 rings (SSSR count). The van der Waals surface area contributed by atoms with Crippen LogP contribution >= 0.6 is 7.82 Å². The molecule has 1 amide bonds. The molecule has 0 spiro atoms. The minimum Gasteiger partial charge on any atom is -0.456 e. The van der Waals surface area contributed by atoms with Gasteiger partial charge in [-0.2, -0.15) is 0 Å². The summed E-state index contributed by atoms with van der Waals surface area (Å²) in [6.07, 6.45) is 50.5. The molecule has 0 aromatic heterocycles. The number of phosphoric acid groups is 1. The number of hydrogen-bond acceptors (Lipinski definition) is 6. The summed E-state index contributed by atoms with van der Waals surface area (Å²) in [7, 11) is 1.51. The van der Waals surface area contributed by atoms with Crippen LogP contribution in [-0.2, 0) is 27.9 Å². The number of allylic oxidation sites excluding steroid dienone is 1. The van der Waals surface area contributed by atoms with Gasteiger partial charge in [-0.05, 0) is 31.8 Å². The van der Waals surface area contributed by atoms with Crippen LogP contribution in [0.5, 0.6) is 0 Å². The number of esters is 1. The van der Waals surface area contributed by atoms with Gasteiger partial charge in [-0.15, -0.1) is 0 Å². The average Bonchev–Trinajstić information content (AvgIpc) is 3.26. The standard InChI is InChI=1S/C55H109N2O7P/c1-7-10-13-16-19-22-25-28-31-34-37-40-43-46-53(64-55(59)48-45-42-39-36-33-30-27-24-21-18-15-12-9-3)52(51-63-65(60,61)62-50-49-57(4,5)6)56-54(58)47-44-41-38-35-32-29-26-23-20-17-14-11-8-2/h43,46,52-53H,7-42,44-45,47-51H2,1-6H3,(H-,56,58,60,61)/p+1/b46-43+. The third-order valence-corrected chi connectivity index (χ3v) is 13.7. The van der Waals surface area contributed by atoms with E-state index in [1.54, 1.807) is 0 Å². The summed E-state index contributed by atoms with van der Waals surface area (Å²) in [4.78, 5) is 37.5. The molecule has 0 bridgehead atoms. The number of phosphoric ester groups is 1. The highest BCUT2D eigenvalue weighted by Gasteiger charge is 2.30. The number of quaternary nitrogens is 1. The van der Waals surface area contributed by atoms with E-state index in [-0.39, 0.29) is 25.1 Å². The number of carbonyl (C=O) groups is 2. The fraction of sp³-hybridized carbons (Fsp3) is 0.927. The maximum atomic E-state index is 13.5. The molecule has 0 radical (unpaired) electrons. The van der Waals surface area contributed by atoms with Crippen LogP contribution in [0.25, 0.3) is 0 Å². The van der Waals surface area contributed by atoms with Crippen LogP contribution in [0.4, 0.5) is 0 Å². The molecule has 0 aliphatic rings. The van der Waals surface area contributed by atoms with Crippen LogP contribution in [0.2, 0.25) is 0 Å². The van der Waals surface area contributed by atoms with Crippen molar-refractivity contribution in [3.05, 3.63) is 12.2 Å². The molecule has 3 atom stereocenters. The van der Waals surface area contributed by atoms with Crippen molar-refractivity contribution in [2.45, 2.75) is 290 Å². The van der Waals surface area contributed by atoms with E-state index in [9.17, 15) is 19.0 Å². The van der Waals surface area contributed by atoms with Gasteiger partial charge in [-0.1, -0.05) is 245 Å². The third kappa shape index (κ3) is 47.6. The molecule has 0 fully saturated rings. The Morgan fingerprint density at radius 1 is 0.523 bits per heavy atom. The van der Waals surface area contributed by atoms with E-state index in [4.69, 9.17) is 13.8 Å². The second-order valence-electron chi connectivity index (χ2n) is 20.5. The van der Waals surface area contributed by atoms with Gasteiger partial charge in [0.1, 0.15) is 19.3 Å². The maximum absolute atomic E-state index is 13.5. The highest BCUT2D eigenvalue weighted by Crippen LogP contribution is 2.43. The molecule has 0 heterocycles. The first-order valence-electron chi connectivity index (χ1n) is 28.0. The minimum absolute atomic E-state index is 0.0454. The Kier molecular flexibility index (Phi) is 45.6. The highest BCUT2D eigenvalue weighted by atomic mass is 31.2. The Morgan fingerprint density at radius 3 is 1.26 bits per heavy atom. The molecule has 0 saturated heterocycles. The third-order valence-electron chi connectivity index (χ3n) is 12.7. The van der Waals surface area contributed by atoms with Gasteiger partial charge in [0.15, 0.2) is 0 Å². The number of hydrogen-bond donors (Lipinski definition) is 2. The SMILES string of the molecule is CCCCCCCCCCCCC/C=C/C(OC(=O)CCCCCCCCCCCCCCC)C(COP(=O)(O)OCC[N+](C)(C)C)NC(=O)CCCCCCCCCCCCCCC. The second-order valence-corrected chi connectivity index (χ2v) is 21.9. The van der Waals surface area contributed by atoms with Crippen molar-refractivity contribution >= 4 is 19.7 Å². The molecule has 0 aromatic carbocycles. The van der Waals surface area contributed by atoms with Crippen LogP contribution in [0.3, 0.4) is 0 Å². The van der Waals surface area contributed by atoms with Gasteiger partial charge < -0.3 is 19.4 Å². The van der Waals surface area contributed by atoms with Gasteiger partial charge in [0.2, 0.25) is 5.91 Å². The van der Waals surface area contributed by atoms with Crippen LogP contribution in [0, 0.1) is 0 Å². The van der Waals surface area contributed by atoms with E-state index < -0.39 is 20.0 Å². The molecule has 0 aromatic rings. The van der Waals surface area contributed by atoms with Crippen LogP contribution in [0.15, 0.2) is 12.2 Å². The molecular weight excluding hydrogens is 832 g/mol. The Hall–Kier alpha value is -1.25. The van der Waals surface area contributed by atoms with E-state index in [1.165, 1.54) is 186 Å². The van der Waals surface area contributed by atoms with Crippen molar-refractivity contribution in [1.82, 2.24) is 5.32 Å². The predicted molar refractivity (Wildman–Crippen MR) is 277 cm³/mol. The van der Waals surface area contributed by atoms with Crippen molar-refractivity contribution in [1.29, 1.82) is 0 Å². The quantitative estimate of drug-likeness (QED) is 0.0205. The topological polar surface area (TPSA) is 111 Å². The number of rotatable bonds is 51. The molecule has 3 unspecified atom stereocenters. The molecule has 0 aliphatic carbocycles. The maximum Gasteiger partial charge on any atom is 0.472 e. The second kappa shape index (κ2) is 46.5. The molecule has 0 saturated carbocycles. The summed E-state index contributed by atoms with van der Waals surface area (Å²) < 4.78 is 30.6. The van der Waals surface area contributed by atoms with E-state index >= 15 is 0 Å². The molecule has 10 heteroatoms. The number of likely N-dealkylation sites (N-methyl/N-ethyl adjacent to an activating group) is 1. The highest BCUT2D eigenvalue weighted by molar-refractivity contribution is 7.47. The van der Waals surface area contributed by atoms with Gasteiger partial charge in [-0.25, -0.2) is 4.57 Å². The minimum atomic E-state index is -4.43. The van der Waals surface area contributed by atoms with E-state index in [0.717, 1.165) is 57.8 Å². The van der Waals surface area contributed by atoms with E-state index in [2.05, 4.69) is 26.1 Å². The lowest BCUT2D eigenvalue weighted by Crippen LogP contribution is -2.47. The fourth-order valence-corrected chi connectivity index (χ4v) is 9.09. The lowest BCUT2D eigenvalue weighted by molar-refractivity contribution is -0.870. The lowest BCUT2D eigenvalue weighted by Gasteiger charge is -2.27. The fourth-order valence-electron chi connectivity index (χ4n) is 8.35. The normalized spacial score (nSPS) is 13.9. The summed E-state index contributed by atoms with van der Waals surface area (Å²) in [6, 6.07) is -0.837. The van der Waals surface area contributed by atoms with Gasteiger partial charge in [0, 0.05) is 12.8 Å². The van der Waals surface area contributed by atoms with Gasteiger partial charge in [0.25, 0.3) is 0 Å². The van der Waals surface area contributed by atoms with Gasteiger partial charge >= 0.3 is 13.8 Å². The zero-order valence-corrected chi connectivity index (χ0v) is 44.9. The smallest absolute Gasteiger partial charge is 0.456 e. The predicted octanol–water partition coefficient (Wildman–Crippen LogP) is 16.4. The first-order valence-corrected chi connectivity index (χ1v) is 29.5. The summed E-state index contributed by atoms with van der Waals surface area (Å²) in [5.41, 5.74) is 0. The first kappa shape index (κ1) is 63.8. The van der Waals surface area contributed by atoms with Crippen LogP contribution < -0.4 is 5.32 Å². The Bertz CT molecular complexity index is 1130. The number of carbonyl (C=O) groups excluding carboxylic acids is 2. The molecule has 65 heavy (non-hydrogen) atoms. The van der Waals surface area contributed by atoms with E-state index in [1.807, 2.05) is 33.3 Å². The Morgan fingerprint density at radius 2 is 0.877 bits per heavy atom. The zero-order chi connectivity index (χ0) is 48.0. The van der Waals surface area contributed by atoms with Crippen molar-refractivity contribution in [3.63, 3.8) is 0 Å². The Labute approximate surface area is 403 Å². The number of nitrogens with zero attached hydrogens (tertiary/aromatic N) is 1. The molecule has 386 valence electrons. The largest absolute Gasteiger partial charge is 0.472 e. The monoisotopic (exact) mass is 942 g/mol. The van der Waals surface area contributed by atoms with Gasteiger partial charge in [-0.3, -0.25) is 18.6 Å². The first-order chi connectivity index (χ1) is 31.4. The lowest BCUT2D eigenvalue weighted by atomic mass is 10.0. The zero-order valence-electron chi connectivity index (χ0n) is 44.0. The van der Waals surface area contributed by atoms with Crippen molar-refractivity contribution in [2.24, 2.45) is 0 Å². The van der Waals surface area contributed by atoms with Crippen molar-refractivity contribution in [2.75, 3.05) is 40.9 Å². The van der Waals surface area contributed by atoms with Crippen LogP contribution in [0.1, 0.15) is 278 Å². The summed E-state index contributed by atoms with van der Waals surface area (Å²) >= 11 is 0. The van der Waals surface area contributed by atoms with Crippen LogP contribution in [-0.4, -0.2) is 74.3 Å². The number of ether oxygens (including phenoxy) is 1. The van der Waals surface area contributed by atoms with E-state index in [0.29, 0.717) is 23.9 Å². The Balaban J connectivity index is 5.37. The number of amides is 1. The van der Waals surface area contributed by atoms with Crippen molar-refractivity contribution in [3.8, 4) is 0 Å². The molecule has 0 aliphatic heterocycles. The summed E-state index contributed by atoms with van der Waals surface area (Å²) in [5, 5.41) is 3.05. The summed E-state index contributed by atoms with van der Waals surface area (Å²) in [6.45, 7) is 7.04. The average molecular weight is 942 g/mol.